The summed E-state index contributed by atoms with van der Waals surface area (Å²) in [5.41, 5.74) is 0.429. The molecule has 3 rings (SSSR count). The average molecular weight is 250 g/mol. The first kappa shape index (κ1) is 11.7. The van der Waals surface area contributed by atoms with E-state index in [9.17, 15) is 4.79 Å². The molecule has 2 aliphatic rings. The van der Waals surface area contributed by atoms with Crippen molar-refractivity contribution in [2.24, 2.45) is 0 Å². The summed E-state index contributed by atoms with van der Waals surface area (Å²) in [5, 5.41) is 3.91. The molecule has 5 nitrogen and oxygen atoms in total. The number of nitrogens with zero attached hydrogens (tertiary/aromatic N) is 2. The molecule has 0 unspecified atom stereocenters. The Hall–Kier alpha value is -1.36. The highest BCUT2D eigenvalue weighted by Crippen LogP contribution is 2.40. The van der Waals surface area contributed by atoms with Crippen molar-refractivity contribution in [1.29, 1.82) is 0 Å². The summed E-state index contributed by atoms with van der Waals surface area (Å²) in [7, 11) is 0. The normalized spacial score (nSPS) is 28.4. The zero-order chi connectivity index (χ0) is 12.7. The molecule has 1 aromatic heterocycles. The fourth-order valence-electron chi connectivity index (χ4n) is 2.28. The van der Waals surface area contributed by atoms with Crippen LogP contribution in [0, 0.1) is 0 Å². The van der Waals surface area contributed by atoms with Gasteiger partial charge in [-0.1, -0.05) is 5.16 Å². The van der Waals surface area contributed by atoms with Crippen LogP contribution in [0.15, 0.2) is 10.6 Å². The fourth-order valence-corrected chi connectivity index (χ4v) is 2.28. The highest BCUT2D eigenvalue weighted by atomic mass is 16.5. The third kappa shape index (κ3) is 2.14. The van der Waals surface area contributed by atoms with Crippen LogP contribution < -0.4 is 0 Å². The predicted molar refractivity (Wildman–Crippen MR) is 64.4 cm³/mol. The minimum absolute atomic E-state index is 0.0479. The monoisotopic (exact) mass is 250 g/mol. The van der Waals surface area contributed by atoms with Crippen LogP contribution in [0.2, 0.25) is 0 Å². The van der Waals surface area contributed by atoms with E-state index >= 15 is 0 Å². The second kappa shape index (κ2) is 4.39. The summed E-state index contributed by atoms with van der Waals surface area (Å²) in [6.45, 7) is 5.17. The number of hydrogen-bond acceptors (Lipinski definition) is 4. The molecule has 2 fully saturated rings. The van der Waals surface area contributed by atoms with E-state index in [2.05, 4.69) is 5.16 Å². The van der Waals surface area contributed by atoms with Crippen LogP contribution in [0.1, 0.15) is 48.9 Å². The highest BCUT2D eigenvalue weighted by molar-refractivity contribution is 5.92. The lowest BCUT2D eigenvalue weighted by Gasteiger charge is -2.36. The topological polar surface area (TPSA) is 55.6 Å². The molecule has 1 aliphatic heterocycles. The van der Waals surface area contributed by atoms with Crippen molar-refractivity contribution in [2.75, 3.05) is 13.2 Å². The maximum absolute atomic E-state index is 12.4. The first-order valence-electron chi connectivity index (χ1n) is 6.54. The highest BCUT2D eigenvalue weighted by Gasteiger charge is 2.32. The summed E-state index contributed by atoms with van der Waals surface area (Å²) >= 11 is 0. The van der Waals surface area contributed by atoms with E-state index in [-0.39, 0.29) is 18.1 Å². The molecule has 0 aromatic carbocycles. The molecule has 98 valence electrons. The van der Waals surface area contributed by atoms with Gasteiger partial charge < -0.3 is 14.2 Å². The number of hydrogen-bond donors (Lipinski definition) is 0. The van der Waals surface area contributed by atoms with Crippen molar-refractivity contribution in [2.45, 2.75) is 44.8 Å². The summed E-state index contributed by atoms with van der Waals surface area (Å²) in [4.78, 5) is 14.2. The number of aromatic nitrogens is 1. The Morgan fingerprint density at radius 1 is 1.44 bits per heavy atom. The molecule has 0 N–H and O–H groups in total. The molecule has 5 heteroatoms. The van der Waals surface area contributed by atoms with Crippen molar-refractivity contribution >= 4 is 5.91 Å². The van der Waals surface area contributed by atoms with Gasteiger partial charge in [0, 0.05) is 18.5 Å². The molecule has 0 bridgehead atoms. The number of amides is 1. The Kier molecular flexibility index (Phi) is 2.86. The Labute approximate surface area is 106 Å². The van der Waals surface area contributed by atoms with Gasteiger partial charge >= 0.3 is 0 Å². The Morgan fingerprint density at radius 3 is 2.94 bits per heavy atom. The molecule has 1 saturated heterocycles. The molecule has 1 saturated carbocycles. The maximum Gasteiger partial charge on any atom is 0.276 e. The van der Waals surface area contributed by atoms with Crippen molar-refractivity contribution in [3.8, 4) is 0 Å². The van der Waals surface area contributed by atoms with Crippen LogP contribution in [-0.2, 0) is 4.74 Å². The van der Waals surface area contributed by atoms with E-state index in [4.69, 9.17) is 9.26 Å². The van der Waals surface area contributed by atoms with Crippen molar-refractivity contribution < 1.29 is 14.1 Å². The molecule has 0 spiro atoms. The van der Waals surface area contributed by atoms with Gasteiger partial charge in [0.25, 0.3) is 5.91 Å². The largest absolute Gasteiger partial charge is 0.375 e. The molecule has 1 amide bonds. The second-order valence-corrected chi connectivity index (χ2v) is 5.34. The van der Waals surface area contributed by atoms with Gasteiger partial charge in [-0.15, -0.1) is 0 Å². The summed E-state index contributed by atoms with van der Waals surface area (Å²) in [6, 6.07) is 1.89. The van der Waals surface area contributed by atoms with Gasteiger partial charge in [-0.05, 0) is 26.7 Å². The second-order valence-electron chi connectivity index (χ2n) is 5.34. The minimum Gasteiger partial charge on any atom is -0.375 e. The van der Waals surface area contributed by atoms with Crippen LogP contribution in [0.25, 0.3) is 0 Å². The van der Waals surface area contributed by atoms with E-state index in [1.165, 1.54) is 0 Å². The molecule has 2 atom stereocenters. The minimum atomic E-state index is -0.0479. The van der Waals surface area contributed by atoms with Gasteiger partial charge in [0.15, 0.2) is 5.69 Å². The van der Waals surface area contributed by atoms with Gasteiger partial charge in [0.1, 0.15) is 5.76 Å². The average Bonchev–Trinajstić information content (AvgIpc) is 3.09. The van der Waals surface area contributed by atoms with Gasteiger partial charge in [0.2, 0.25) is 0 Å². The number of rotatable bonds is 2. The van der Waals surface area contributed by atoms with E-state index in [1.807, 2.05) is 18.7 Å². The van der Waals surface area contributed by atoms with Gasteiger partial charge in [-0.3, -0.25) is 4.79 Å². The zero-order valence-electron chi connectivity index (χ0n) is 10.8. The summed E-state index contributed by atoms with van der Waals surface area (Å²) in [6.07, 6.45) is 2.38. The van der Waals surface area contributed by atoms with E-state index in [1.54, 1.807) is 6.07 Å². The van der Waals surface area contributed by atoms with E-state index in [0.29, 0.717) is 24.8 Å². The van der Waals surface area contributed by atoms with Crippen molar-refractivity contribution in [3.05, 3.63) is 17.5 Å². The van der Waals surface area contributed by atoms with Crippen LogP contribution in [0.3, 0.4) is 0 Å². The molecule has 1 aromatic rings. The molecular weight excluding hydrogens is 232 g/mol. The standard InChI is InChI=1S/C13H18N2O3/c1-8-7-17-9(2)6-15(8)13(16)11-5-12(18-14-11)10-3-4-10/h5,8-10H,3-4,6-7H2,1-2H3/t8-,9-/m1/s1. The SMILES string of the molecule is C[C@@H]1CN(C(=O)c2cc(C3CC3)on2)[C@H](C)CO1. The van der Waals surface area contributed by atoms with Gasteiger partial charge in [-0.2, -0.15) is 0 Å². The van der Waals surface area contributed by atoms with Crippen LogP contribution >= 0.6 is 0 Å². The molecule has 1 aliphatic carbocycles. The number of carbonyl (C=O) groups excluding carboxylic acids is 1. The van der Waals surface area contributed by atoms with Crippen LogP contribution in [0.5, 0.6) is 0 Å². The maximum atomic E-state index is 12.4. The first-order chi connectivity index (χ1) is 8.65. The lowest BCUT2D eigenvalue weighted by Crippen LogP contribution is -2.50. The summed E-state index contributed by atoms with van der Waals surface area (Å²) in [5.74, 6) is 1.29. The summed E-state index contributed by atoms with van der Waals surface area (Å²) < 4.78 is 10.8. The lowest BCUT2D eigenvalue weighted by atomic mass is 10.2. The quantitative estimate of drug-likeness (QED) is 0.803. The van der Waals surface area contributed by atoms with Gasteiger partial charge in [0.05, 0.1) is 18.8 Å². The molecule has 2 heterocycles. The Bertz CT molecular complexity index is 453. The van der Waals surface area contributed by atoms with Crippen molar-refractivity contribution in [3.63, 3.8) is 0 Å². The third-order valence-corrected chi connectivity index (χ3v) is 3.60. The molecule has 18 heavy (non-hydrogen) atoms. The number of carbonyl (C=O) groups is 1. The number of morpholine rings is 1. The van der Waals surface area contributed by atoms with Gasteiger partial charge in [-0.25, -0.2) is 0 Å². The Morgan fingerprint density at radius 2 is 2.22 bits per heavy atom. The van der Waals surface area contributed by atoms with E-state index < -0.39 is 0 Å². The van der Waals surface area contributed by atoms with E-state index in [0.717, 1.165) is 18.6 Å². The van der Waals surface area contributed by atoms with Crippen molar-refractivity contribution in [1.82, 2.24) is 10.1 Å². The third-order valence-electron chi connectivity index (χ3n) is 3.60. The first-order valence-corrected chi connectivity index (χ1v) is 6.54. The fraction of sp³-hybridized carbons (Fsp3) is 0.692. The van der Waals surface area contributed by atoms with Crippen LogP contribution in [0.4, 0.5) is 0 Å². The molecule has 0 radical (unpaired) electrons. The lowest BCUT2D eigenvalue weighted by molar-refractivity contribution is -0.0390. The zero-order valence-corrected chi connectivity index (χ0v) is 10.8. The smallest absolute Gasteiger partial charge is 0.276 e. The molecular formula is C13H18N2O3. The van der Waals surface area contributed by atoms with Crippen LogP contribution in [-0.4, -0.2) is 41.3 Å². The number of ether oxygens (including phenoxy) is 1. The predicted octanol–water partition coefficient (Wildman–Crippen LogP) is 1.80. The Balaban J connectivity index is 1.75.